The van der Waals surface area contributed by atoms with E-state index in [-0.39, 0.29) is 17.3 Å². The molecular formula is C18H24N4O5S. The largest absolute Gasteiger partial charge is 0.497 e. The zero-order chi connectivity index (χ0) is 20.3. The van der Waals surface area contributed by atoms with E-state index in [0.717, 1.165) is 0 Å². The number of morpholine rings is 1. The van der Waals surface area contributed by atoms with Gasteiger partial charge in [-0.05, 0) is 26.0 Å². The number of anilines is 1. The Balaban J connectivity index is 1.78. The Hall–Kier alpha value is -2.43. The van der Waals surface area contributed by atoms with Crippen molar-refractivity contribution in [2.45, 2.75) is 25.3 Å². The van der Waals surface area contributed by atoms with Crippen LogP contribution in [0.2, 0.25) is 0 Å². The van der Waals surface area contributed by atoms with E-state index in [9.17, 15) is 13.2 Å². The highest BCUT2D eigenvalue weighted by molar-refractivity contribution is 7.89. The van der Waals surface area contributed by atoms with Gasteiger partial charge < -0.3 is 14.8 Å². The Labute approximate surface area is 164 Å². The molecular weight excluding hydrogens is 384 g/mol. The molecule has 1 saturated heterocycles. The van der Waals surface area contributed by atoms with E-state index >= 15 is 0 Å². The van der Waals surface area contributed by atoms with Crippen LogP contribution < -0.4 is 10.1 Å². The molecule has 1 aromatic heterocycles. The van der Waals surface area contributed by atoms with E-state index in [2.05, 4.69) is 10.4 Å². The average molecular weight is 408 g/mol. The Kier molecular flexibility index (Phi) is 6.01. The number of sulfonamides is 1. The van der Waals surface area contributed by atoms with Gasteiger partial charge in [0.2, 0.25) is 15.9 Å². The van der Waals surface area contributed by atoms with Gasteiger partial charge in [-0.3, -0.25) is 9.48 Å². The number of nitrogens with one attached hydrogen (secondary N) is 1. The third-order valence-corrected chi connectivity index (χ3v) is 6.68. The summed E-state index contributed by atoms with van der Waals surface area (Å²) in [6.45, 7) is 4.56. The maximum Gasteiger partial charge on any atom is 0.246 e. The van der Waals surface area contributed by atoms with Gasteiger partial charge in [0.15, 0.2) is 0 Å². The lowest BCUT2D eigenvalue weighted by molar-refractivity contribution is -0.116. The van der Waals surface area contributed by atoms with Crippen LogP contribution >= 0.6 is 0 Å². The number of amides is 1. The predicted octanol–water partition coefficient (Wildman–Crippen LogP) is 1.17. The number of hydrogen-bond acceptors (Lipinski definition) is 6. The van der Waals surface area contributed by atoms with Gasteiger partial charge in [-0.1, -0.05) is 6.07 Å². The quantitative estimate of drug-likeness (QED) is 0.770. The van der Waals surface area contributed by atoms with Crippen LogP contribution in [0.3, 0.4) is 0 Å². The Bertz CT molecular complexity index is 964. The summed E-state index contributed by atoms with van der Waals surface area (Å²) in [5.41, 5.74) is 1.40. The molecule has 10 heteroatoms. The van der Waals surface area contributed by atoms with Crippen molar-refractivity contribution in [3.05, 3.63) is 35.7 Å². The fraction of sp³-hybridized carbons (Fsp3) is 0.444. The lowest BCUT2D eigenvalue weighted by atomic mass is 10.3. The first-order valence-corrected chi connectivity index (χ1v) is 10.3. The standard InChI is InChI=1S/C18H24N4O5S/c1-13-18(28(24,25)21-7-9-27-10-8-21)14(2)22(20-13)12-17(23)19-15-5-4-6-16(11-15)26-3/h4-6,11H,7-10,12H2,1-3H3,(H,19,23). The molecule has 3 rings (SSSR count). The molecule has 9 nitrogen and oxygen atoms in total. The SMILES string of the molecule is COc1cccc(NC(=O)Cn2nc(C)c(S(=O)(=O)N3CCOCC3)c2C)c1. The summed E-state index contributed by atoms with van der Waals surface area (Å²) in [5, 5.41) is 7.05. The molecule has 0 unspecified atom stereocenters. The number of benzene rings is 1. The lowest BCUT2D eigenvalue weighted by Crippen LogP contribution is -2.41. The van der Waals surface area contributed by atoms with E-state index in [4.69, 9.17) is 9.47 Å². The molecule has 0 bridgehead atoms. The fourth-order valence-corrected chi connectivity index (χ4v) is 4.94. The molecule has 1 aromatic carbocycles. The smallest absolute Gasteiger partial charge is 0.246 e. The molecule has 152 valence electrons. The number of rotatable bonds is 6. The summed E-state index contributed by atoms with van der Waals surface area (Å²) in [6.07, 6.45) is 0. The first kappa shape index (κ1) is 20.3. The first-order chi connectivity index (χ1) is 13.3. The zero-order valence-corrected chi connectivity index (χ0v) is 17.0. The van der Waals surface area contributed by atoms with Gasteiger partial charge in [-0.2, -0.15) is 9.40 Å². The molecule has 0 aliphatic carbocycles. The van der Waals surface area contributed by atoms with Crippen molar-refractivity contribution in [2.75, 3.05) is 38.7 Å². The van der Waals surface area contributed by atoms with Crippen molar-refractivity contribution >= 4 is 21.6 Å². The van der Waals surface area contributed by atoms with Crippen molar-refractivity contribution in [3.8, 4) is 5.75 Å². The molecule has 0 spiro atoms. The van der Waals surface area contributed by atoms with Gasteiger partial charge in [-0.25, -0.2) is 8.42 Å². The second-order valence-electron chi connectivity index (χ2n) is 6.45. The monoisotopic (exact) mass is 408 g/mol. The van der Waals surface area contributed by atoms with Crippen molar-refractivity contribution < 1.29 is 22.7 Å². The zero-order valence-electron chi connectivity index (χ0n) is 16.1. The van der Waals surface area contributed by atoms with Crippen molar-refractivity contribution in [1.82, 2.24) is 14.1 Å². The number of aromatic nitrogens is 2. The van der Waals surface area contributed by atoms with Crippen molar-refractivity contribution in [1.29, 1.82) is 0 Å². The topological polar surface area (TPSA) is 103 Å². The second kappa shape index (κ2) is 8.29. The molecule has 1 N–H and O–H groups in total. The Morgan fingerprint density at radius 1 is 1.29 bits per heavy atom. The van der Waals surface area contributed by atoms with E-state index in [1.54, 1.807) is 45.2 Å². The lowest BCUT2D eigenvalue weighted by Gasteiger charge is -2.26. The highest BCUT2D eigenvalue weighted by Crippen LogP contribution is 2.24. The predicted molar refractivity (Wildman–Crippen MR) is 103 cm³/mol. The fourth-order valence-electron chi connectivity index (χ4n) is 3.16. The van der Waals surface area contributed by atoms with Gasteiger partial charge in [0.25, 0.3) is 0 Å². The number of ether oxygens (including phenoxy) is 2. The number of carbonyl (C=O) groups is 1. The molecule has 1 aliphatic rings. The number of aryl methyl sites for hydroxylation is 1. The van der Waals surface area contributed by atoms with Crippen LogP contribution in [-0.2, 0) is 26.1 Å². The van der Waals surface area contributed by atoms with Crippen LogP contribution in [0.1, 0.15) is 11.4 Å². The number of methoxy groups -OCH3 is 1. The van der Waals surface area contributed by atoms with Crippen molar-refractivity contribution in [3.63, 3.8) is 0 Å². The van der Waals surface area contributed by atoms with Gasteiger partial charge >= 0.3 is 0 Å². The van der Waals surface area contributed by atoms with Gasteiger partial charge in [0.05, 0.1) is 31.7 Å². The summed E-state index contributed by atoms with van der Waals surface area (Å²) < 4.78 is 39.2. The van der Waals surface area contributed by atoms with Crippen LogP contribution in [-0.4, -0.2) is 61.8 Å². The maximum absolute atomic E-state index is 13.0. The average Bonchev–Trinajstić information content (AvgIpc) is 2.96. The van der Waals surface area contributed by atoms with Crippen LogP contribution in [0.5, 0.6) is 5.75 Å². The Morgan fingerprint density at radius 3 is 2.68 bits per heavy atom. The molecule has 2 aromatic rings. The molecule has 0 atom stereocenters. The minimum Gasteiger partial charge on any atom is -0.497 e. The summed E-state index contributed by atoms with van der Waals surface area (Å²) in [6, 6.07) is 6.99. The second-order valence-corrected chi connectivity index (χ2v) is 8.33. The molecule has 1 aliphatic heterocycles. The van der Waals surface area contributed by atoms with E-state index in [0.29, 0.717) is 49.1 Å². The summed E-state index contributed by atoms with van der Waals surface area (Å²) in [7, 11) is -2.14. The van der Waals surface area contributed by atoms with Crippen LogP contribution in [0, 0.1) is 13.8 Å². The molecule has 1 amide bonds. The van der Waals surface area contributed by atoms with E-state index < -0.39 is 10.0 Å². The van der Waals surface area contributed by atoms with Crippen molar-refractivity contribution in [2.24, 2.45) is 0 Å². The van der Waals surface area contributed by atoms with Gasteiger partial charge in [-0.15, -0.1) is 0 Å². The van der Waals surface area contributed by atoms with Crippen LogP contribution in [0.15, 0.2) is 29.2 Å². The number of nitrogens with zero attached hydrogens (tertiary/aromatic N) is 3. The summed E-state index contributed by atoms with van der Waals surface area (Å²) >= 11 is 0. The molecule has 2 heterocycles. The molecule has 0 radical (unpaired) electrons. The number of carbonyl (C=O) groups excluding carboxylic acids is 1. The van der Waals surface area contributed by atoms with Gasteiger partial charge in [0, 0.05) is 24.8 Å². The van der Waals surface area contributed by atoms with E-state index in [1.165, 1.54) is 8.99 Å². The third kappa shape index (κ3) is 4.18. The van der Waals surface area contributed by atoms with Crippen LogP contribution in [0.4, 0.5) is 5.69 Å². The maximum atomic E-state index is 13.0. The highest BCUT2D eigenvalue weighted by atomic mass is 32.2. The van der Waals surface area contributed by atoms with Gasteiger partial charge in [0.1, 0.15) is 17.2 Å². The normalized spacial score (nSPS) is 15.4. The summed E-state index contributed by atoms with van der Waals surface area (Å²) in [4.78, 5) is 12.6. The minimum atomic E-state index is -3.68. The molecule has 28 heavy (non-hydrogen) atoms. The van der Waals surface area contributed by atoms with E-state index in [1.807, 2.05) is 0 Å². The molecule has 0 saturated carbocycles. The Morgan fingerprint density at radius 2 is 2.00 bits per heavy atom. The summed E-state index contributed by atoms with van der Waals surface area (Å²) in [5.74, 6) is 0.317. The first-order valence-electron chi connectivity index (χ1n) is 8.88. The third-order valence-electron chi connectivity index (χ3n) is 4.53. The molecule has 1 fully saturated rings. The van der Waals surface area contributed by atoms with Crippen LogP contribution in [0.25, 0.3) is 0 Å². The number of hydrogen-bond donors (Lipinski definition) is 1. The highest BCUT2D eigenvalue weighted by Gasteiger charge is 2.32. The minimum absolute atomic E-state index is 0.0947.